The SMILES string of the molecule is Cc1cc(NC(=O)CCN2CCN(C(=O)c3cccc(C#N)c3)CC2)no1. The van der Waals surface area contributed by atoms with E-state index < -0.39 is 0 Å². The summed E-state index contributed by atoms with van der Waals surface area (Å²) in [5.41, 5.74) is 1.01. The molecule has 3 rings (SSSR count). The highest BCUT2D eigenvalue weighted by Gasteiger charge is 2.22. The molecular formula is C19H21N5O3. The summed E-state index contributed by atoms with van der Waals surface area (Å²) in [7, 11) is 0. The predicted octanol–water partition coefficient (Wildman–Crippen LogP) is 1.64. The van der Waals surface area contributed by atoms with Crippen LogP contribution in [0.3, 0.4) is 0 Å². The van der Waals surface area contributed by atoms with Crippen LogP contribution in [0.5, 0.6) is 0 Å². The number of aromatic nitrogens is 1. The number of amides is 2. The summed E-state index contributed by atoms with van der Waals surface area (Å²) < 4.78 is 4.91. The number of nitrogens with one attached hydrogen (secondary N) is 1. The number of benzene rings is 1. The minimum atomic E-state index is -0.116. The van der Waals surface area contributed by atoms with Crippen molar-refractivity contribution in [2.75, 3.05) is 38.0 Å². The van der Waals surface area contributed by atoms with Gasteiger partial charge in [0.25, 0.3) is 5.91 Å². The molecule has 140 valence electrons. The molecule has 2 aromatic rings. The van der Waals surface area contributed by atoms with E-state index in [9.17, 15) is 9.59 Å². The van der Waals surface area contributed by atoms with Crippen LogP contribution >= 0.6 is 0 Å². The molecule has 1 aromatic heterocycles. The summed E-state index contributed by atoms with van der Waals surface area (Å²) >= 11 is 0. The van der Waals surface area contributed by atoms with Crippen LogP contribution in [0.25, 0.3) is 0 Å². The van der Waals surface area contributed by atoms with E-state index in [1.54, 1.807) is 42.2 Å². The maximum absolute atomic E-state index is 12.6. The first kappa shape index (κ1) is 18.6. The standard InChI is InChI=1S/C19H21N5O3/c1-14-11-17(22-27-14)21-18(25)5-6-23-7-9-24(10-8-23)19(26)16-4-2-3-15(12-16)13-20/h2-4,11-12H,5-10H2,1H3,(H,21,22,25). The number of hydrogen-bond donors (Lipinski definition) is 1. The molecule has 0 unspecified atom stereocenters. The number of nitriles is 1. The number of carbonyl (C=O) groups excluding carboxylic acids is 2. The first-order valence-corrected chi connectivity index (χ1v) is 8.80. The molecule has 1 aromatic carbocycles. The third kappa shape index (κ3) is 4.92. The Bertz CT molecular complexity index is 862. The molecule has 1 fully saturated rings. The molecule has 0 atom stereocenters. The normalized spacial score (nSPS) is 14.6. The van der Waals surface area contributed by atoms with Crippen molar-refractivity contribution in [2.45, 2.75) is 13.3 Å². The van der Waals surface area contributed by atoms with Crippen LogP contribution in [-0.4, -0.2) is 59.5 Å². The molecule has 8 nitrogen and oxygen atoms in total. The van der Waals surface area contributed by atoms with Crippen LogP contribution in [0, 0.1) is 18.3 Å². The van der Waals surface area contributed by atoms with E-state index in [1.807, 2.05) is 0 Å². The van der Waals surface area contributed by atoms with Gasteiger partial charge in [0.15, 0.2) is 5.82 Å². The molecule has 0 saturated carbocycles. The van der Waals surface area contributed by atoms with Gasteiger partial charge in [-0.15, -0.1) is 0 Å². The van der Waals surface area contributed by atoms with Gasteiger partial charge in [0.1, 0.15) is 5.76 Å². The maximum atomic E-state index is 12.6. The Morgan fingerprint density at radius 2 is 2.04 bits per heavy atom. The summed E-state index contributed by atoms with van der Waals surface area (Å²) in [6, 6.07) is 10.5. The molecule has 0 spiro atoms. The van der Waals surface area contributed by atoms with Crippen LogP contribution in [0.15, 0.2) is 34.9 Å². The molecule has 8 heteroatoms. The number of anilines is 1. The average molecular weight is 367 g/mol. The molecule has 1 saturated heterocycles. The third-order valence-corrected chi connectivity index (χ3v) is 4.45. The Kier molecular flexibility index (Phi) is 5.84. The molecule has 1 N–H and O–H groups in total. The molecule has 1 aliphatic rings. The first-order chi connectivity index (χ1) is 13.0. The van der Waals surface area contributed by atoms with E-state index >= 15 is 0 Å². The summed E-state index contributed by atoms with van der Waals surface area (Å²) in [6.07, 6.45) is 0.351. The lowest BCUT2D eigenvalue weighted by molar-refractivity contribution is -0.116. The fourth-order valence-electron chi connectivity index (χ4n) is 2.97. The van der Waals surface area contributed by atoms with E-state index in [1.165, 1.54) is 0 Å². The van der Waals surface area contributed by atoms with Gasteiger partial charge < -0.3 is 14.7 Å². The van der Waals surface area contributed by atoms with Crippen molar-refractivity contribution in [3.63, 3.8) is 0 Å². The Balaban J connectivity index is 1.44. The quantitative estimate of drug-likeness (QED) is 0.862. The number of aryl methyl sites for hydroxylation is 1. The van der Waals surface area contributed by atoms with Crippen LogP contribution in [0.2, 0.25) is 0 Å². The fourth-order valence-corrected chi connectivity index (χ4v) is 2.97. The van der Waals surface area contributed by atoms with Gasteiger partial charge in [-0.25, -0.2) is 0 Å². The van der Waals surface area contributed by atoms with Gasteiger partial charge in [0, 0.05) is 50.8 Å². The minimum Gasteiger partial charge on any atom is -0.360 e. The number of nitrogens with zero attached hydrogens (tertiary/aromatic N) is 4. The highest BCUT2D eigenvalue weighted by Crippen LogP contribution is 2.12. The van der Waals surface area contributed by atoms with Gasteiger partial charge in [0.05, 0.1) is 11.6 Å². The molecule has 2 amide bonds. The van der Waals surface area contributed by atoms with Crippen molar-refractivity contribution in [2.24, 2.45) is 0 Å². The fraction of sp³-hybridized carbons (Fsp3) is 0.368. The molecule has 0 aliphatic carbocycles. The zero-order chi connectivity index (χ0) is 19.2. The van der Waals surface area contributed by atoms with Crippen LogP contribution in [0.4, 0.5) is 5.82 Å². The van der Waals surface area contributed by atoms with Gasteiger partial charge in [-0.1, -0.05) is 11.2 Å². The van der Waals surface area contributed by atoms with Crippen molar-refractivity contribution in [1.82, 2.24) is 15.0 Å². The smallest absolute Gasteiger partial charge is 0.253 e. The second-order valence-electron chi connectivity index (χ2n) is 6.45. The Morgan fingerprint density at radius 1 is 1.26 bits per heavy atom. The number of rotatable bonds is 5. The topological polar surface area (TPSA) is 102 Å². The molecular weight excluding hydrogens is 346 g/mol. The molecule has 27 heavy (non-hydrogen) atoms. The Hall–Kier alpha value is -3.18. The van der Waals surface area contributed by atoms with E-state index in [0.717, 1.165) is 0 Å². The van der Waals surface area contributed by atoms with Crippen molar-refractivity contribution in [1.29, 1.82) is 5.26 Å². The summed E-state index contributed by atoms with van der Waals surface area (Å²) in [5, 5.41) is 15.4. The van der Waals surface area contributed by atoms with Crippen molar-refractivity contribution >= 4 is 17.6 Å². The zero-order valence-electron chi connectivity index (χ0n) is 15.1. The van der Waals surface area contributed by atoms with Gasteiger partial charge in [0.2, 0.25) is 5.91 Å². The first-order valence-electron chi connectivity index (χ1n) is 8.80. The van der Waals surface area contributed by atoms with E-state index in [2.05, 4.69) is 21.4 Å². The predicted molar refractivity (Wildman–Crippen MR) is 98.0 cm³/mol. The molecule has 0 bridgehead atoms. The maximum Gasteiger partial charge on any atom is 0.253 e. The Morgan fingerprint density at radius 3 is 2.70 bits per heavy atom. The average Bonchev–Trinajstić information content (AvgIpc) is 3.10. The number of piperazine rings is 1. The van der Waals surface area contributed by atoms with Gasteiger partial charge in [-0.2, -0.15) is 5.26 Å². The number of carbonyl (C=O) groups is 2. The van der Waals surface area contributed by atoms with Crippen LogP contribution in [-0.2, 0) is 4.79 Å². The minimum absolute atomic E-state index is 0.0640. The van der Waals surface area contributed by atoms with Crippen molar-refractivity contribution in [3.05, 3.63) is 47.2 Å². The number of hydrogen-bond acceptors (Lipinski definition) is 6. The highest BCUT2D eigenvalue weighted by molar-refractivity contribution is 5.94. The van der Waals surface area contributed by atoms with E-state index in [4.69, 9.17) is 9.78 Å². The van der Waals surface area contributed by atoms with E-state index in [-0.39, 0.29) is 11.8 Å². The van der Waals surface area contributed by atoms with Crippen LogP contribution in [0.1, 0.15) is 28.1 Å². The van der Waals surface area contributed by atoms with E-state index in [0.29, 0.717) is 61.8 Å². The Labute approximate surface area is 157 Å². The molecule has 2 heterocycles. The summed E-state index contributed by atoms with van der Waals surface area (Å²) in [5.74, 6) is 0.889. The monoisotopic (exact) mass is 367 g/mol. The second kappa shape index (κ2) is 8.47. The summed E-state index contributed by atoms with van der Waals surface area (Å²) in [6.45, 7) is 4.99. The molecule has 0 radical (unpaired) electrons. The lowest BCUT2D eigenvalue weighted by Crippen LogP contribution is -2.49. The van der Waals surface area contributed by atoms with Crippen molar-refractivity contribution < 1.29 is 14.1 Å². The molecule has 1 aliphatic heterocycles. The zero-order valence-corrected chi connectivity index (χ0v) is 15.1. The van der Waals surface area contributed by atoms with Crippen LogP contribution < -0.4 is 5.32 Å². The highest BCUT2D eigenvalue weighted by atomic mass is 16.5. The van der Waals surface area contributed by atoms with Crippen molar-refractivity contribution in [3.8, 4) is 6.07 Å². The lowest BCUT2D eigenvalue weighted by atomic mass is 10.1. The lowest BCUT2D eigenvalue weighted by Gasteiger charge is -2.34. The van der Waals surface area contributed by atoms with Gasteiger partial charge in [-0.05, 0) is 25.1 Å². The largest absolute Gasteiger partial charge is 0.360 e. The summed E-state index contributed by atoms with van der Waals surface area (Å²) in [4.78, 5) is 28.5. The second-order valence-corrected chi connectivity index (χ2v) is 6.45. The third-order valence-electron chi connectivity index (χ3n) is 4.45. The van der Waals surface area contributed by atoms with Gasteiger partial charge in [-0.3, -0.25) is 14.5 Å². The van der Waals surface area contributed by atoms with Gasteiger partial charge >= 0.3 is 0 Å².